The number of fused-ring (bicyclic) bond motifs is 2. The summed E-state index contributed by atoms with van der Waals surface area (Å²) in [4.78, 5) is 22.9. The number of hydrogen-bond donors (Lipinski definition) is 1. The Hall–Kier alpha value is -2.47. The molecule has 0 atom stereocenters. The van der Waals surface area contributed by atoms with Crippen molar-refractivity contribution in [3.8, 4) is 0 Å². The van der Waals surface area contributed by atoms with Crippen LogP contribution in [0.25, 0.3) is 10.2 Å². The SMILES string of the molecule is O=C(O)c1ccc2c(c1)CN(c1ncnc3sccc13)C2. The van der Waals surface area contributed by atoms with E-state index in [0.29, 0.717) is 12.1 Å². The molecule has 21 heavy (non-hydrogen) atoms. The summed E-state index contributed by atoms with van der Waals surface area (Å²) in [6, 6.07) is 7.33. The second kappa shape index (κ2) is 4.53. The van der Waals surface area contributed by atoms with Gasteiger partial charge in [0.15, 0.2) is 0 Å². The van der Waals surface area contributed by atoms with Crippen LogP contribution in [0.3, 0.4) is 0 Å². The lowest BCUT2D eigenvalue weighted by Gasteiger charge is -2.16. The first kappa shape index (κ1) is 12.3. The van der Waals surface area contributed by atoms with Crippen LogP contribution in [0.2, 0.25) is 0 Å². The highest BCUT2D eigenvalue weighted by Gasteiger charge is 2.23. The average Bonchev–Trinajstić information content (AvgIpc) is 3.12. The first-order chi connectivity index (χ1) is 10.2. The zero-order chi connectivity index (χ0) is 14.4. The number of aromatic carboxylic acids is 1. The van der Waals surface area contributed by atoms with Gasteiger partial charge in [-0.15, -0.1) is 11.3 Å². The summed E-state index contributed by atoms with van der Waals surface area (Å²) in [5, 5.41) is 12.1. The highest BCUT2D eigenvalue weighted by atomic mass is 32.1. The minimum Gasteiger partial charge on any atom is -0.478 e. The largest absolute Gasteiger partial charge is 0.478 e. The fourth-order valence-corrected chi connectivity index (χ4v) is 3.43. The molecule has 4 rings (SSSR count). The van der Waals surface area contributed by atoms with Crippen molar-refractivity contribution in [2.24, 2.45) is 0 Å². The van der Waals surface area contributed by atoms with Gasteiger partial charge < -0.3 is 10.0 Å². The van der Waals surface area contributed by atoms with Crippen molar-refractivity contribution in [2.75, 3.05) is 4.90 Å². The number of thiophene rings is 1. The Kier molecular flexibility index (Phi) is 2.65. The van der Waals surface area contributed by atoms with Crippen LogP contribution >= 0.6 is 11.3 Å². The van der Waals surface area contributed by atoms with Gasteiger partial charge in [-0.1, -0.05) is 6.07 Å². The minimum absolute atomic E-state index is 0.332. The maximum absolute atomic E-state index is 11.1. The van der Waals surface area contributed by atoms with E-state index >= 15 is 0 Å². The smallest absolute Gasteiger partial charge is 0.335 e. The summed E-state index contributed by atoms with van der Waals surface area (Å²) in [7, 11) is 0. The minimum atomic E-state index is -0.890. The van der Waals surface area contributed by atoms with E-state index in [2.05, 4.69) is 14.9 Å². The monoisotopic (exact) mass is 297 g/mol. The summed E-state index contributed by atoms with van der Waals surface area (Å²) >= 11 is 1.60. The van der Waals surface area contributed by atoms with Gasteiger partial charge in [0.25, 0.3) is 0 Å². The molecule has 2 aromatic heterocycles. The van der Waals surface area contributed by atoms with Crippen molar-refractivity contribution in [3.05, 3.63) is 52.7 Å². The number of carboxylic acids is 1. The van der Waals surface area contributed by atoms with Crippen LogP contribution in [0.5, 0.6) is 0 Å². The number of carboxylic acid groups (broad SMARTS) is 1. The number of aromatic nitrogens is 2. The van der Waals surface area contributed by atoms with Gasteiger partial charge in [-0.2, -0.15) is 0 Å². The highest BCUT2D eigenvalue weighted by Crippen LogP contribution is 2.33. The van der Waals surface area contributed by atoms with Crippen LogP contribution in [0.4, 0.5) is 5.82 Å². The molecule has 3 aromatic rings. The van der Waals surface area contributed by atoms with Gasteiger partial charge in [0.05, 0.1) is 10.9 Å². The third-order valence-corrected chi connectivity index (χ3v) is 4.54. The van der Waals surface area contributed by atoms with Crippen molar-refractivity contribution >= 4 is 33.3 Å². The molecular formula is C15H11N3O2S. The number of anilines is 1. The molecule has 0 bridgehead atoms. The van der Waals surface area contributed by atoms with Crippen molar-refractivity contribution in [1.82, 2.24) is 9.97 Å². The Morgan fingerprint density at radius 2 is 2.05 bits per heavy atom. The highest BCUT2D eigenvalue weighted by molar-refractivity contribution is 7.16. The van der Waals surface area contributed by atoms with Gasteiger partial charge in [0.1, 0.15) is 17.0 Å². The molecular weight excluding hydrogens is 286 g/mol. The van der Waals surface area contributed by atoms with Gasteiger partial charge in [-0.25, -0.2) is 14.8 Å². The summed E-state index contributed by atoms with van der Waals surface area (Å²) in [6.07, 6.45) is 1.58. The second-order valence-corrected chi connectivity index (χ2v) is 5.88. The molecule has 0 amide bonds. The van der Waals surface area contributed by atoms with Crippen molar-refractivity contribution in [3.63, 3.8) is 0 Å². The van der Waals surface area contributed by atoms with E-state index < -0.39 is 5.97 Å². The molecule has 0 fully saturated rings. The average molecular weight is 297 g/mol. The van der Waals surface area contributed by atoms with E-state index in [9.17, 15) is 4.79 Å². The maximum Gasteiger partial charge on any atom is 0.335 e. The van der Waals surface area contributed by atoms with Crippen LogP contribution in [0.15, 0.2) is 36.0 Å². The molecule has 5 nitrogen and oxygen atoms in total. The van der Waals surface area contributed by atoms with Crippen LogP contribution in [0.1, 0.15) is 21.5 Å². The Labute approximate surface area is 124 Å². The van der Waals surface area contributed by atoms with Crippen LogP contribution < -0.4 is 4.90 Å². The summed E-state index contributed by atoms with van der Waals surface area (Å²) in [5.41, 5.74) is 2.54. The van der Waals surface area contributed by atoms with Crippen LogP contribution in [-0.2, 0) is 13.1 Å². The van der Waals surface area contributed by atoms with E-state index in [1.165, 1.54) is 0 Å². The van der Waals surface area contributed by atoms with Crippen LogP contribution in [-0.4, -0.2) is 21.0 Å². The lowest BCUT2D eigenvalue weighted by atomic mass is 10.1. The molecule has 0 spiro atoms. The van der Waals surface area contributed by atoms with Gasteiger partial charge in [0, 0.05) is 13.1 Å². The van der Waals surface area contributed by atoms with Crippen LogP contribution in [0, 0.1) is 0 Å². The number of hydrogen-bond acceptors (Lipinski definition) is 5. The molecule has 0 saturated heterocycles. The summed E-state index contributed by atoms with van der Waals surface area (Å²) < 4.78 is 0. The van der Waals surface area contributed by atoms with Gasteiger partial charge in [0.2, 0.25) is 0 Å². The van der Waals surface area contributed by atoms with Crippen molar-refractivity contribution in [1.29, 1.82) is 0 Å². The molecule has 1 aliphatic heterocycles. The Bertz CT molecular complexity index is 859. The van der Waals surface area contributed by atoms with E-state index in [1.807, 2.05) is 17.5 Å². The first-order valence-electron chi connectivity index (χ1n) is 6.50. The van der Waals surface area contributed by atoms with Gasteiger partial charge >= 0.3 is 5.97 Å². The fraction of sp³-hybridized carbons (Fsp3) is 0.133. The number of nitrogens with zero attached hydrogens (tertiary/aromatic N) is 3. The molecule has 0 aliphatic carbocycles. The first-order valence-corrected chi connectivity index (χ1v) is 7.38. The van der Waals surface area contributed by atoms with Crippen molar-refractivity contribution < 1.29 is 9.90 Å². The Morgan fingerprint density at radius 3 is 2.90 bits per heavy atom. The van der Waals surface area contributed by atoms with Gasteiger partial charge in [-0.3, -0.25) is 0 Å². The molecule has 1 aliphatic rings. The van der Waals surface area contributed by atoms with Gasteiger partial charge in [-0.05, 0) is 34.7 Å². The molecule has 104 valence electrons. The Balaban J connectivity index is 1.73. The quantitative estimate of drug-likeness (QED) is 0.788. The normalized spacial score (nSPS) is 13.6. The zero-order valence-corrected chi connectivity index (χ0v) is 11.8. The number of rotatable bonds is 2. The molecule has 1 N–H and O–H groups in total. The third kappa shape index (κ3) is 1.95. The second-order valence-electron chi connectivity index (χ2n) is 4.98. The number of carbonyl (C=O) groups is 1. The molecule has 6 heteroatoms. The van der Waals surface area contributed by atoms with Crippen molar-refractivity contribution in [2.45, 2.75) is 13.1 Å². The maximum atomic E-state index is 11.1. The van der Waals surface area contributed by atoms with E-state index in [-0.39, 0.29) is 0 Å². The summed E-state index contributed by atoms with van der Waals surface area (Å²) in [6.45, 7) is 1.43. The molecule has 3 heterocycles. The molecule has 0 radical (unpaired) electrons. The van der Waals surface area contributed by atoms with E-state index in [4.69, 9.17) is 5.11 Å². The zero-order valence-electron chi connectivity index (χ0n) is 11.0. The lowest BCUT2D eigenvalue weighted by Crippen LogP contribution is -2.16. The Morgan fingerprint density at radius 1 is 1.19 bits per heavy atom. The third-order valence-electron chi connectivity index (χ3n) is 3.72. The van der Waals surface area contributed by atoms with E-state index in [0.717, 1.165) is 33.7 Å². The fourth-order valence-electron chi connectivity index (χ4n) is 2.71. The number of benzene rings is 1. The topological polar surface area (TPSA) is 66.3 Å². The molecule has 1 aromatic carbocycles. The lowest BCUT2D eigenvalue weighted by molar-refractivity contribution is 0.0697. The predicted octanol–water partition coefficient (Wildman–Crippen LogP) is 2.91. The van der Waals surface area contributed by atoms with E-state index in [1.54, 1.807) is 29.8 Å². The standard InChI is InChI=1S/C15H11N3O2S/c19-15(20)9-1-2-10-6-18(7-11(10)5-9)13-12-3-4-21-14(12)17-8-16-13/h1-5,8H,6-7H2,(H,19,20). The molecule has 0 unspecified atom stereocenters. The predicted molar refractivity (Wildman–Crippen MR) is 80.7 cm³/mol. The molecule has 0 saturated carbocycles. The summed E-state index contributed by atoms with van der Waals surface area (Å²) in [5.74, 6) is 0.0211.